The lowest BCUT2D eigenvalue weighted by Crippen LogP contribution is -2.31. The van der Waals surface area contributed by atoms with Crippen molar-refractivity contribution in [2.45, 2.75) is 26.5 Å². The summed E-state index contributed by atoms with van der Waals surface area (Å²) in [6.07, 6.45) is 1.76. The van der Waals surface area contributed by atoms with Gasteiger partial charge in [0.05, 0.1) is 18.9 Å². The van der Waals surface area contributed by atoms with Crippen molar-refractivity contribution in [3.63, 3.8) is 0 Å². The van der Waals surface area contributed by atoms with E-state index in [2.05, 4.69) is 18.8 Å². The maximum atomic E-state index is 5.84. The first kappa shape index (κ1) is 11.1. The van der Waals surface area contributed by atoms with Crippen molar-refractivity contribution in [3.8, 4) is 0 Å². The maximum Gasteiger partial charge on any atom is 0.0888 e. The zero-order valence-corrected chi connectivity index (χ0v) is 8.81. The van der Waals surface area contributed by atoms with Crippen molar-refractivity contribution in [2.75, 3.05) is 6.61 Å². The predicted molar refractivity (Wildman–Crippen MR) is 56.7 cm³/mol. The van der Waals surface area contributed by atoms with Crippen LogP contribution in [0.2, 0.25) is 0 Å². The van der Waals surface area contributed by atoms with Gasteiger partial charge in [0.15, 0.2) is 0 Å². The number of pyridine rings is 1. The van der Waals surface area contributed by atoms with Gasteiger partial charge in [0, 0.05) is 12.2 Å². The van der Waals surface area contributed by atoms with Gasteiger partial charge in [-0.05, 0) is 18.1 Å². The van der Waals surface area contributed by atoms with Gasteiger partial charge in [0.1, 0.15) is 0 Å². The highest BCUT2D eigenvalue weighted by atomic mass is 16.5. The van der Waals surface area contributed by atoms with Crippen molar-refractivity contribution >= 4 is 0 Å². The molecular formula is C11H18N2O. The highest BCUT2D eigenvalue weighted by molar-refractivity contribution is 5.01. The van der Waals surface area contributed by atoms with Crippen LogP contribution in [0, 0.1) is 5.92 Å². The lowest BCUT2D eigenvalue weighted by Gasteiger charge is -2.15. The molecule has 14 heavy (non-hydrogen) atoms. The first-order valence-corrected chi connectivity index (χ1v) is 4.93. The van der Waals surface area contributed by atoms with Gasteiger partial charge in [0.25, 0.3) is 0 Å². The van der Waals surface area contributed by atoms with Crippen LogP contribution < -0.4 is 5.73 Å². The molecule has 1 aromatic rings. The quantitative estimate of drug-likeness (QED) is 0.774. The number of hydrogen-bond acceptors (Lipinski definition) is 3. The molecule has 0 bridgehead atoms. The van der Waals surface area contributed by atoms with Gasteiger partial charge in [-0.15, -0.1) is 0 Å². The number of ether oxygens (including phenoxy) is 1. The van der Waals surface area contributed by atoms with E-state index in [0.717, 1.165) is 5.69 Å². The molecule has 0 spiro atoms. The molecule has 3 nitrogen and oxygen atoms in total. The molecule has 0 aliphatic heterocycles. The Morgan fingerprint density at radius 3 is 2.79 bits per heavy atom. The average molecular weight is 194 g/mol. The molecule has 0 aromatic carbocycles. The third kappa shape index (κ3) is 3.85. The molecule has 1 atom stereocenters. The van der Waals surface area contributed by atoms with Gasteiger partial charge in [0.2, 0.25) is 0 Å². The van der Waals surface area contributed by atoms with E-state index in [9.17, 15) is 0 Å². The number of aromatic nitrogens is 1. The zero-order valence-electron chi connectivity index (χ0n) is 8.81. The topological polar surface area (TPSA) is 48.1 Å². The van der Waals surface area contributed by atoms with Crippen LogP contribution >= 0.6 is 0 Å². The van der Waals surface area contributed by atoms with Crippen LogP contribution in [-0.2, 0) is 11.3 Å². The van der Waals surface area contributed by atoms with Gasteiger partial charge in [-0.25, -0.2) is 0 Å². The fourth-order valence-corrected chi connectivity index (χ4v) is 0.976. The Morgan fingerprint density at radius 2 is 2.21 bits per heavy atom. The molecule has 0 saturated carbocycles. The van der Waals surface area contributed by atoms with Gasteiger partial charge in [-0.2, -0.15) is 0 Å². The number of rotatable bonds is 5. The summed E-state index contributed by atoms with van der Waals surface area (Å²) < 4.78 is 5.46. The molecule has 3 heteroatoms. The SMILES string of the molecule is CC(C)C(N)COCc1ccccn1. The number of nitrogens with zero attached hydrogens (tertiary/aromatic N) is 1. The molecule has 0 radical (unpaired) electrons. The number of hydrogen-bond donors (Lipinski definition) is 1. The van der Waals surface area contributed by atoms with Crippen LogP contribution in [0.5, 0.6) is 0 Å². The molecule has 1 unspecified atom stereocenters. The minimum Gasteiger partial charge on any atom is -0.374 e. The van der Waals surface area contributed by atoms with Gasteiger partial charge in [-0.3, -0.25) is 4.98 Å². The van der Waals surface area contributed by atoms with Crippen molar-refractivity contribution in [1.29, 1.82) is 0 Å². The third-order valence-corrected chi connectivity index (χ3v) is 2.14. The van der Waals surface area contributed by atoms with Crippen molar-refractivity contribution in [1.82, 2.24) is 4.98 Å². The van der Waals surface area contributed by atoms with Crippen LogP contribution in [0.4, 0.5) is 0 Å². The summed E-state index contributed by atoms with van der Waals surface area (Å²) in [6.45, 7) is 5.32. The van der Waals surface area contributed by atoms with E-state index in [1.165, 1.54) is 0 Å². The van der Waals surface area contributed by atoms with Gasteiger partial charge in [-0.1, -0.05) is 19.9 Å². The summed E-state index contributed by atoms with van der Waals surface area (Å²) in [5, 5.41) is 0. The van der Waals surface area contributed by atoms with Crippen LogP contribution in [0.15, 0.2) is 24.4 Å². The summed E-state index contributed by atoms with van der Waals surface area (Å²) in [7, 11) is 0. The molecule has 78 valence electrons. The summed E-state index contributed by atoms with van der Waals surface area (Å²) in [5.41, 5.74) is 6.78. The molecule has 0 saturated heterocycles. The van der Waals surface area contributed by atoms with E-state index in [0.29, 0.717) is 19.1 Å². The lowest BCUT2D eigenvalue weighted by molar-refractivity contribution is 0.0951. The zero-order chi connectivity index (χ0) is 10.4. The van der Waals surface area contributed by atoms with Crippen molar-refractivity contribution in [3.05, 3.63) is 30.1 Å². The summed E-state index contributed by atoms with van der Waals surface area (Å²) in [6, 6.07) is 5.90. The minimum atomic E-state index is 0.110. The van der Waals surface area contributed by atoms with Crippen molar-refractivity contribution in [2.24, 2.45) is 11.7 Å². The van der Waals surface area contributed by atoms with Gasteiger partial charge < -0.3 is 10.5 Å². The first-order chi connectivity index (χ1) is 6.70. The van der Waals surface area contributed by atoms with Crippen LogP contribution in [0.3, 0.4) is 0 Å². The highest BCUT2D eigenvalue weighted by Crippen LogP contribution is 2.01. The Kier molecular flexibility index (Phi) is 4.56. The average Bonchev–Trinajstić information content (AvgIpc) is 2.19. The first-order valence-electron chi connectivity index (χ1n) is 4.93. The third-order valence-electron chi connectivity index (χ3n) is 2.14. The van der Waals surface area contributed by atoms with Crippen LogP contribution in [0.25, 0.3) is 0 Å². The van der Waals surface area contributed by atoms with E-state index in [4.69, 9.17) is 10.5 Å². The lowest BCUT2D eigenvalue weighted by atomic mass is 10.1. The standard InChI is InChI=1S/C11H18N2O/c1-9(2)11(12)8-14-7-10-5-3-4-6-13-10/h3-6,9,11H,7-8,12H2,1-2H3. The van der Waals surface area contributed by atoms with E-state index in [1.807, 2.05) is 18.2 Å². The highest BCUT2D eigenvalue weighted by Gasteiger charge is 2.07. The Bertz CT molecular complexity index is 249. The second-order valence-corrected chi connectivity index (χ2v) is 3.74. The number of nitrogens with two attached hydrogens (primary N) is 1. The Morgan fingerprint density at radius 1 is 1.43 bits per heavy atom. The monoisotopic (exact) mass is 194 g/mol. The molecule has 1 rings (SSSR count). The predicted octanol–water partition coefficient (Wildman–Crippen LogP) is 1.58. The summed E-state index contributed by atoms with van der Waals surface area (Å²) in [5.74, 6) is 0.457. The van der Waals surface area contributed by atoms with Crippen LogP contribution in [-0.4, -0.2) is 17.6 Å². The van der Waals surface area contributed by atoms with Gasteiger partial charge >= 0.3 is 0 Å². The molecule has 0 amide bonds. The Hall–Kier alpha value is -0.930. The summed E-state index contributed by atoms with van der Waals surface area (Å²) in [4.78, 5) is 4.15. The smallest absolute Gasteiger partial charge is 0.0888 e. The second-order valence-electron chi connectivity index (χ2n) is 3.74. The molecular weight excluding hydrogens is 176 g/mol. The molecule has 1 aromatic heterocycles. The maximum absolute atomic E-state index is 5.84. The molecule has 2 N–H and O–H groups in total. The Labute approximate surface area is 85.3 Å². The van der Waals surface area contributed by atoms with E-state index in [1.54, 1.807) is 6.20 Å². The largest absolute Gasteiger partial charge is 0.374 e. The van der Waals surface area contributed by atoms with Crippen LogP contribution in [0.1, 0.15) is 19.5 Å². The normalized spacial score (nSPS) is 13.1. The van der Waals surface area contributed by atoms with E-state index >= 15 is 0 Å². The fraction of sp³-hybridized carbons (Fsp3) is 0.545. The minimum absolute atomic E-state index is 0.110. The second kappa shape index (κ2) is 5.73. The van der Waals surface area contributed by atoms with Crippen molar-refractivity contribution < 1.29 is 4.74 Å². The van der Waals surface area contributed by atoms with E-state index < -0.39 is 0 Å². The van der Waals surface area contributed by atoms with E-state index in [-0.39, 0.29) is 6.04 Å². The fourth-order valence-electron chi connectivity index (χ4n) is 0.976. The molecule has 0 aliphatic carbocycles. The summed E-state index contributed by atoms with van der Waals surface area (Å²) >= 11 is 0. The molecule has 1 heterocycles. The molecule has 0 fully saturated rings. The Balaban J connectivity index is 2.22. The molecule has 0 aliphatic rings.